The quantitative estimate of drug-likeness (QED) is 0.153. The molecule has 5 rings (SSSR count). The number of carbonyl (C=O) groups is 1. The van der Waals surface area contributed by atoms with Crippen LogP contribution in [0.1, 0.15) is 41.7 Å². The van der Waals surface area contributed by atoms with Gasteiger partial charge in [0.2, 0.25) is 15.9 Å². The predicted octanol–water partition coefficient (Wildman–Crippen LogP) is 7.84. The van der Waals surface area contributed by atoms with Crippen LogP contribution in [-0.4, -0.2) is 69.2 Å². The fourth-order valence-corrected chi connectivity index (χ4v) is 7.58. The Morgan fingerprint density at radius 3 is 2.07 bits per heavy atom. The van der Waals surface area contributed by atoms with Crippen LogP contribution >= 0.6 is 0 Å². The number of halogens is 7. The van der Waals surface area contributed by atoms with E-state index < -0.39 is 62.2 Å². The smallest absolute Gasteiger partial charge is 0.375 e. The van der Waals surface area contributed by atoms with E-state index in [1.807, 2.05) is 35.2 Å². The van der Waals surface area contributed by atoms with Crippen molar-refractivity contribution >= 4 is 27.4 Å². The Kier molecular flexibility index (Phi) is 11.5. The minimum absolute atomic E-state index is 0.00153. The Morgan fingerprint density at radius 1 is 0.889 bits per heavy atom. The van der Waals surface area contributed by atoms with Gasteiger partial charge < -0.3 is 14.5 Å². The van der Waals surface area contributed by atoms with Crippen molar-refractivity contribution < 1.29 is 48.7 Å². The van der Waals surface area contributed by atoms with E-state index in [2.05, 4.69) is 4.98 Å². The molecule has 2 heterocycles. The van der Waals surface area contributed by atoms with Gasteiger partial charge in [-0.15, -0.1) is 0 Å². The lowest BCUT2D eigenvalue weighted by molar-refractivity contribution is -0.143. The van der Waals surface area contributed by atoms with Crippen LogP contribution in [0.25, 0.3) is 11.1 Å². The van der Waals surface area contributed by atoms with Crippen LogP contribution < -0.4 is 9.80 Å². The summed E-state index contributed by atoms with van der Waals surface area (Å²) in [5.41, 5.74) is -3.15. The molecular weight excluding hydrogens is 741 g/mol. The van der Waals surface area contributed by atoms with E-state index in [0.717, 1.165) is 16.7 Å². The average Bonchev–Trinajstić information content (AvgIpc) is 3.10. The van der Waals surface area contributed by atoms with Gasteiger partial charge in [0.25, 0.3) is 0 Å². The van der Waals surface area contributed by atoms with Gasteiger partial charge in [-0.2, -0.15) is 30.6 Å². The molecule has 16 heteroatoms. The van der Waals surface area contributed by atoms with Gasteiger partial charge in [0.05, 0.1) is 53.9 Å². The summed E-state index contributed by atoms with van der Waals surface area (Å²) in [6.45, 7) is 4.93. The number of likely N-dealkylation sites (N-methyl/N-ethyl adjacent to an activating group) is 1. The molecule has 54 heavy (non-hydrogen) atoms. The lowest BCUT2D eigenvalue weighted by atomic mass is 9.81. The van der Waals surface area contributed by atoms with Crippen molar-refractivity contribution in [2.75, 3.05) is 49.3 Å². The van der Waals surface area contributed by atoms with Crippen LogP contribution in [0, 0.1) is 12.7 Å². The van der Waals surface area contributed by atoms with Crippen LogP contribution in [0.15, 0.2) is 79.0 Å². The summed E-state index contributed by atoms with van der Waals surface area (Å²) < 4.78 is 129. The van der Waals surface area contributed by atoms with E-state index in [1.54, 1.807) is 13.0 Å². The number of alkyl halides is 6. The molecular formula is C38H39F7N4O4S. The van der Waals surface area contributed by atoms with Gasteiger partial charge in [0.15, 0.2) is 0 Å². The molecule has 1 unspecified atom stereocenters. The minimum Gasteiger partial charge on any atom is -0.375 e. The highest BCUT2D eigenvalue weighted by atomic mass is 32.2. The molecule has 8 nitrogen and oxygen atoms in total. The second-order valence-corrected chi connectivity index (χ2v) is 15.7. The lowest BCUT2D eigenvalue weighted by Gasteiger charge is -2.40. The molecule has 1 amide bonds. The summed E-state index contributed by atoms with van der Waals surface area (Å²) in [6, 6.07) is 15.4. The fourth-order valence-electron chi connectivity index (χ4n) is 6.50. The second-order valence-electron chi connectivity index (χ2n) is 13.8. The van der Waals surface area contributed by atoms with Crippen molar-refractivity contribution in [2.24, 2.45) is 0 Å². The SMILES string of the molecule is Cc1cc(F)ccc1-c1cc(N2CCN(S(C)(=O)=O)C(COCc3ccccc3)C2)ncc1N(C)C(=O)C(C)(C)c1cc(C(F)(F)F)cc(C(F)(F)F)c1. The van der Waals surface area contributed by atoms with E-state index in [0.29, 0.717) is 34.6 Å². The first-order valence-corrected chi connectivity index (χ1v) is 18.6. The van der Waals surface area contributed by atoms with Crippen molar-refractivity contribution in [1.82, 2.24) is 9.29 Å². The zero-order chi connectivity index (χ0) is 39.8. The molecule has 0 aliphatic carbocycles. The molecule has 1 aromatic heterocycles. The highest BCUT2D eigenvalue weighted by Gasteiger charge is 2.42. The number of nitrogens with zero attached hydrogens (tertiary/aromatic N) is 4. The van der Waals surface area contributed by atoms with Crippen molar-refractivity contribution in [3.8, 4) is 11.1 Å². The fraction of sp³-hybridized carbons (Fsp3) is 0.368. The predicted molar refractivity (Wildman–Crippen MR) is 191 cm³/mol. The second kappa shape index (κ2) is 15.3. The molecule has 0 radical (unpaired) electrons. The minimum atomic E-state index is -5.12. The topological polar surface area (TPSA) is 83.1 Å². The third-order valence-electron chi connectivity index (χ3n) is 9.46. The van der Waals surface area contributed by atoms with E-state index in [1.165, 1.54) is 49.6 Å². The zero-order valence-corrected chi connectivity index (χ0v) is 30.9. The molecule has 4 aromatic rings. The Labute approximate surface area is 309 Å². The zero-order valence-electron chi connectivity index (χ0n) is 30.1. The Balaban J connectivity index is 1.52. The normalized spacial score (nSPS) is 16.1. The Hall–Kier alpha value is -4.54. The number of piperazine rings is 1. The number of hydrogen-bond donors (Lipinski definition) is 0. The maximum absolute atomic E-state index is 14.3. The first kappa shape index (κ1) is 40.6. The summed E-state index contributed by atoms with van der Waals surface area (Å²) in [4.78, 5) is 21.7. The third-order valence-corrected chi connectivity index (χ3v) is 10.8. The molecule has 3 aromatic carbocycles. The molecule has 1 saturated heterocycles. The summed E-state index contributed by atoms with van der Waals surface area (Å²) in [5, 5.41) is 0. The average molecular weight is 781 g/mol. The largest absolute Gasteiger partial charge is 0.416 e. The molecule has 0 saturated carbocycles. The number of anilines is 2. The number of rotatable bonds is 10. The molecule has 0 bridgehead atoms. The van der Waals surface area contributed by atoms with Gasteiger partial charge in [0, 0.05) is 32.2 Å². The first-order valence-electron chi connectivity index (χ1n) is 16.8. The summed E-state index contributed by atoms with van der Waals surface area (Å²) in [7, 11) is -2.30. The number of carbonyl (C=O) groups excluding carboxylic acids is 1. The summed E-state index contributed by atoms with van der Waals surface area (Å²) >= 11 is 0. The molecule has 1 aliphatic rings. The first-order chi connectivity index (χ1) is 25.1. The van der Waals surface area contributed by atoms with E-state index in [9.17, 15) is 43.9 Å². The standard InChI is InChI=1S/C38H39F7N4O4S/c1-24-15-29(39)11-12-31(24)32-19-34(48-13-14-49(54(5,51)52)30(21-48)23-53-22-25-9-7-6-8-10-25)46-20-33(32)47(4)35(50)36(2,3)26-16-27(37(40,41)42)18-28(17-26)38(43,44)45/h6-12,15-20,30H,13-14,21-23H2,1-5H3. The van der Waals surface area contributed by atoms with Crippen molar-refractivity contribution in [3.63, 3.8) is 0 Å². The molecule has 0 N–H and O–H groups in total. The number of amides is 1. The summed E-state index contributed by atoms with van der Waals surface area (Å²) in [5.74, 6) is -0.993. The van der Waals surface area contributed by atoms with Crippen molar-refractivity contribution in [1.29, 1.82) is 0 Å². The molecule has 1 atom stereocenters. The Bertz CT molecular complexity index is 2080. The van der Waals surface area contributed by atoms with Crippen LogP contribution in [0.5, 0.6) is 0 Å². The number of ether oxygens (including phenoxy) is 1. The molecule has 1 aliphatic heterocycles. The van der Waals surface area contributed by atoms with Gasteiger partial charge >= 0.3 is 12.4 Å². The van der Waals surface area contributed by atoms with Gasteiger partial charge in [-0.1, -0.05) is 36.4 Å². The number of pyridine rings is 1. The highest BCUT2D eigenvalue weighted by molar-refractivity contribution is 7.88. The monoisotopic (exact) mass is 780 g/mol. The van der Waals surface area contributed by atoms with Crippen LogP contribution in [-0.2, 0) is 43.9 Å². The lowest BCUT2D eigenvalue weighted by Crippen LogP contribution is -2.56. The highest BCUT2D eigenvalue weighted by Crippen LogP contribution is 2.41. The number of aryl methyl sites for hydroxylation is 1. The summed E-state index contributed by atoms with van der Waals surface area (Å²) in [6.07, 6.45) is -7.77. The van der Waals surface area contributed by atoms with Crippen LogP contribution in [0.2, 0.25) is 0 Å². The van der Waals surface area contributed by atoms with Crippen LogP contribution in [0.4, 0.5) is 42.2 Å². The number of aromatic nitrogens is 1. The van der Waals surface area contributed by atoms with E-state index in [-0.39, 0.29) is 44.6 Å². The van der Waals surface area contributed by atoms with Gasteiger partial charge in [-0.05, 0) is 79.4 Å². The molecule has 290 valence electrons. The van der Waals surface area contributed by atoms with Gasteiger partial charge in [-0.25, -0.2) is 17.8 Å². The molecule has 1 fully saturated rings. The van der Waals surface area contributed by atoms with E-state index in [4.69, 9.17) is 4.74 Å². The maximum atomic E-state index is 14.3. The van der Waals surface area contributed by atoms with Crippen molar-refractivity contribution in [2.45, 2.75) is 51.2 Å². The van der Waals surface area contributed by atoms with Gasteiger partial charge in [0.1, 0.15) is 11.6 Å². The van der Waals surface area contributed by atoms with Gasteiger partial charge in [-0.3, -0.25) is 4.79 Å². The number of hydrogen-bond acceptors (Lipinski definition) is 6. The van der Waals surface area contributed by atoms with Crippen LogP contribution in [0.3, 0.4) is 0 Å². The number of benzene rings is 3. The van der Waals surface area contributed by atoms with E-state index >= 15 is 0 Å². The third kappa shape index (κ3) is 9.04. The van der Waals surface area contributed by atoms with Crippen molar-refractivity contribution in [3.05, 3.63) is 113 Å². The number of sulfonamides is 1. The Morgan fingerprint density at radius 2 is 1.50 bits per heavy atom. The maximum Gasteiger partial charge on any atom is 0.416 e. The molecule has 0 spiro atoms.